The van der Waals surface area contributed by atoms with Crippen molar-refractivity contribution >= 4 is 11.6 Å². The number of fused-ring (bicyclic) bond motifs is 1. The summed E-state index contributed by atoms with van der Waals surface area (Å²) >= 11 is 0. The van der Waals surface area contributed by atoms with Crippen molar-refractivity contribution < 1.29 is 23.0 Å². The predicted octanol–water partition coefficient (Wildman–Crippen LogP) is 5.15. The van der Waals surface area contributed by atoms with E-state index < -0.39 is 17.7 Å². The number of hydrogen-bond acceptors (Lipinski definition) is 7. The molecule has 3 N–H and O–H groups in total. The fourth-order valence-corrected chi connectivity index (χ4v) is 5.85. The largest absolute Gasteiger partial charge is 0.453 e. The lowest BCUT2D eigenvalue weighted by Crippen LogP contribution is -2.54. The zero-order chi connectivity index (χ0) is 30.0. The summed E-state index contributed by atoms with van der Waals surface area (Å²) in [4.78, 5) is 20.8. The molecule has 1 amide bonds. The third-order valence-electron chi connectivity index (χ3n) is 7.88. The van der Waals surface area contributed by atoms with Gasteiger partial charge in [-0.2, -0.15) is 5.10 Å². The number of amides is 1. The van der Waals surface area contributed by atoms with Crippen molar-refractivity contribution in [3.05, 3.63) is 83.1 Å². The number of nitrogens with zero attached hydrogens (tertiary/aromatic N) is 4. The lowest BCUT2D eigenvalue weighted by Gasteiger charge is -2.39. The zero-order valence-corrected chi connectivity index (χ0v) is 24.2. The molecule has 3 heterocycles. The van der Waals surface area contributed by atoms with Gasteiger partial charge in [-0.05, 0) is 85.5 Å². The highest BCUT2D eigenvalue weighted by molar-refractivity contribution is 5.67. The number of carbonyl (C=O) groups is 1. The minimum Gasteiger partial charge on any atom is -0.453 e. The minimum atomic E-state index is -0.705. The van der Waals surface area contributed by atoms with Crippen LogP contribution in [0, 0.1) is 17.6 Å². The summed E-state index contributed by atoms with van der Waals surface area (Å²) in [6.07, 6.45) is 6.62. The van der Waals surface area contributed by atoms with E-state index in [2.05, 4.69) is 27.3 Å². The van der Waals surface area contributed by atoms with Crippen LogP contribution in [0.5, 0.6) is 0 Å². The van der Waals surface area contributed by atoms with E-state index in [1.807, 2.05) is 26.1 Å². The number of halogens is 2. The van der Waals surface area contributed by atoms with Gasteiger partial charge in [-0.25, -0.2) is 23.1 Å². The van der Waals surface area contributed by atoms with Gasteiger partial charge in [-0.15, -0.1) is 0 Å². The van der Waals surface area contributed by atoms with E-state index in [0.717, 1.165) is 17.5 Å². The molecular formula is C31H36F2N6O3. The number of rotatable bonds is 8. The smallest absolute Gasteiger partial charge is 0.407 e. The lowest BCUT2D eigenvalue weighted by molar-refractivity contribution is 0.0654. The maximum atomic E-state index is 15.1. The molecule has 11 heteroatoms. The number of benzene rings is 1. The van der Waals surface area contributed by atoms with Crippen LogP contribution in [-0.2, 0) is 22.5 Å². The fraction of sp³-hybridized carbons (Fsp3) is 0.419. The Bertz CT molecular complexity index is 1540. The molecule has 0 aliphatic heterocycles. The van der Waals surface area contributed by atoms with Crippen LogP contribution in [0.2, 0.25) is 0 Å². The molecule has 0 unspecified atom stereocenters. The Morgan fingerprint density at radius 1 is 1.17 bits per heavy atom. The topological polar surface area (TPSA) is 117 Å². The maximum absolute atomic E-state index is 15.1. The van der Waals surface area contributed by atoms with Gasteiger partial charge in [0.05, 0.1) is 42.8 Å². The minimum absolute atomic E-state index is 0.0568. The van der Waals surface area contributed by atoms with Gasteiger partial charge >= 0.3 is 6.09 Å². The number of nitrogens with one attached hydrogen (secondary N) is 1. The normalized spacial score (nSPS) is 20.7. The number of ether oxygens (including phenoxy) is 2. The summed E-state index contributed by atoms with van der Waals surface area (Å²) < 4.78 is 42.1. The van der Waals surface area contributed by atoms with Crippen LogP contribution in [0.3, 0.4) is 0 Å². The molecule has 3 aromatic heterocycles. The van der Waals surface area contributed by atoms with E-state index in [4.69, 9.17) is 15.2 Å². The lowest BCUT2D eigenvalue weighted by atomic mass is 9.72. The quantitative estimate of drug-likeness (QED) is 0.297. The Morgan fingerprint density at radius 2 is 1.93 bits per heavy atom. The molecule has 222 valence electrons. The van der Waals surface area contributed by atoms with Crippen molar-refractivity contribution in [1.29, 1.82) is 0 Å². The van der Waals surface area contributed by atoms with E-state index in [1.54, 1.807) is 29.0 Å². The average Bonchev–Trinajstić information content (AvgIpc) is 3.35. The second-order valence-electron chi connectivity index (χ2n) is 11.2. The third-order valence-corrected chi connectivity index (χ3v) is 7.88. The van der Waals surface area contributed by atoms with Crippen molar-refractivity contribution in [2.45, 2.75) is 70.7 Å². The number of aromatic nitrogens is 4. The highest BCUT2D eigenvalue weighted by atomic mass is 19.1. The summed E-state index contributed by atoms with van der Waals surface area (Å²) in [7, 11) is 1.34. The highest BCUT2D eigenvalue weighted by Gasteiger charge is 2.36. The number of imidazole rings is 1. The van der Waals surface area contributed by atoms with Gasteiger partial charge in [-0.1, -0.05) is 6.92 Å². The maximum Gasteiger partial charge on any atom is 0.407 e. The predicted molar refractivity (Wildman–Crippen MR) is 154 cm³/mol. The standard InChI is InChI=1S/C31H36F2N6O3/c1-17(2)42-16-19-10-24(32)29(25(33)11-19)27-6-5-22-15-36-28(39(22)38-27)13-21-14-35-8-7-23(21)20-9-18(3)30(26(34)12-20)37-31(40)41-4/h5-8,10-11,14-15,17-18,20,26,30H,9,12-13,16,34H2,1-4H3,(H,37,40)/t18-,20+,26+,30-/m0/s1. The Labute approximate surface area is 243 Å². The summed E-state index contributed by atoms with van der Waals surface area (Å²) in [5.74, 6) is -0.517. The molecule has 0 radical (unpaired) electrons. The summed E-state index contributed by atoms with van der Waals surface area (Å²) in [6.45, 7) is 5.92. The molecule has 1 aromatic carbocycles. The Hall–Kier alpha value is -3.96. The van der Waals surface area contributed by atoms with E-state index in [1.165, 1.54) is 19.2 Å². The van der Waals surface area contributed by atoms with Crippen LogP contribution in [-0.4, -0.2) is 51.0 Å². The molecule has 1 fully saturated rings. The fourth-order valence-electron chi connectivity index (χ4n) is 5.85. The molecule has 1 aliphatic rings. The monoisotopic (exact) mass is 578 g/mol. The first-order valence-electron chi connectivity index (χ1n) is 14.1. The summed E-state index contributed by atoms with van der Waals surface area (Å²) in [6, 6.07) is 7.46. The van der Waals surface area contributed by atoms with Gasteiger partial charge in [0.2, 0.25) is 0 Å². The summed E-state index contributed by atoms with van der Waals surface area (Å²) in [5.41, 5.74) is 9.66. The molecular weight excluding hydrogens is 542 g/mol. The molecule has 4 aromatic rings. The summed E-state index contributed by atoms with van der Waals surface area (Å²) in [5, 5.41) is 7.46. The first-order valence-corrected chi connectivity index (χ1v) is 14.1. The van der Waals surface area contributed by atoms with Crippen LogP contribution < -0.4 is 11.1 Å². The third kappa shape index (κ3) is 6.27. The van der Waals surface area contributed by atoms with E-state index >= 15 is 8.78 Å². The van der Waals surface area contributed by atoms with Gasteiger partial charge in [0.25, 0.3) is 0 Å². The molecule has 4 atom stereocenters. The van der Waals surface area contributed by atoms with Crippen LogP contribution in [0.1, 0.15) is 62.0 Å². The molecule has 1 saturated carbocycles. The SMILES string of the molecule is COC(=O)N[C@@H]1[C@H](N)C[C@H](c2ccncc2Cc2ncc3ccc(-c4c(F)cc(COC(C)C)cc4F)nn23)C[C@@H]1C. The van der Waals surface area contributed by atoms with Crippen molar-refractivity contribution in [3.8, 4) is 11.3 Å². The van der Waals surface area contributed by atoms with Gasteiger partial charge in [0.1, 0.15) is 17.5 Å². The Balaban J connectivity index is 1.41. The van der Waals surface area contributed by atoms with Crippen molar-refractivity contribution in [2.24, 2.45) is 11.7 Å². The van der Waals surface area contributed by atoms with Crippen molar-refractivity contribution in [2.75, 3.05) is 7.11 Å². The molecule has 5 rings (SSSR count). The number of pyridine rings is 1. The van der Waals surface area contributed by atoms with Gasteiger partial charge in [0.15, 0.2) is 0 Å². The molecule has 0 bridgehead atoms. The van der Waals surface area contributed by atoms with Crippen molar-refractivity contribution in [1.82, 2.24) is 24.9 Å². The van der Waals surface area contributed by atoms with E-state index in [0.29, 0.717) is 29.7 Å². The zero-order valence-electron chi connectivity index (χ0n) is 24.2. The van der Waals surface area contributed by atoms with Gasteiger partial charge in [-0.3, -0.25) is 4.98 Å². The number of nitrogens with two attached hydrogens (primary N) is 1. The molecule has 42 heavy (non-hydrogen) atoms. The second kappa shape index (κ2) is 12.5. The highest BCUT2D eigenvalue weighted by Crippen LogP contribution is 2.37. The first kappa shape index (κ1) is 29.5. The van der Waals surface area contributed by atoms with Crippen LogP contribution in [0.15, 0.2) is 48.9 Å². The van der Waals surface area contributed by atoms with Gasteiger partial charge in [0, 0.05) is 30.9 Å². The molecule has 0 saturated heterocycles. The van der Waals surface area contributed by atoms with Crippen LogP contribution in [0.4, 0.5) is 13.6 Å². The Morgan fingerprint density at radius 3 is 2.62 bits per heavy atom. The average molecular weight is 579 g/mol. The number of alkyl carbamates (subject to hydrolysis) is 1. The molecule has 9 nitrogen and oxygen atoms in total. The molecule has 0 spiro atoms. The number of hydrogen-bond donors (Lipinski definition) is 2. The van der Waals surface area contributed by atoms with Gasteiger partial charge < -0.3 is 20.5 Å². The molecule has 1 aliphatic carbocycles. The van der Waals surface area contributed by atoms with Crippen LogP contribution in [0.25, 0.3) is 16.8 Å². The Kier molecular flexibility index (Phi) is 8.79. The van der Waals surface area contributed by atoms with E-state index in [9.17, 15) is 4.79 Å². The van der Waals surface area contributed by atoms with Crippen LogP contribution >= 0.6 is 0 Å². The number of methoxy groups -OCH3 is 1. The van der Waals surface area contributed by atoms with E-state index in [-0.39, 0.29) is 47.9 Å². The first-order chi connectivity index (χ1) is 20.1. The second-order valence-corrected chi connectivity index (χ2v) is 11.2. The van der Waals surface area contributed by atoms with Crippen molar-refractivity contribution in [3.63, 3.8) is 0 Å². The number of carbonyl (C=O) groups excluding carboxylic acids is 1.